The molecule has 0 saturated carbocycles. The molecule has 0 atom stereocenters. The van der Waals surface area contributed by atoms with E-state index in [1.54, 1.807) is 6.07 Å². The van der Waals surface area contributed by atoms with Gasteiger partial charge in [0.2, 0.25) is 5.09 Å². The van der Waals surface area contributed by atoms with Gasteiger partial charge >= 0.3 is 0 Å². The summed E-state index contributed by atoms with van der Waals surface area (Å²) in [6, 6.07) is 11.5. The fourth-order valence-corrected chi connectivity index (χ4v) is 3.33. The van der Waals surface area contributed by atoms with E-state index in [0.29, 0.717) is 12.3 Å². The fraction of sp³-hybridized carbons (Fsp3) is 0.333. The number of para-hydroxylation sites is 1. The van der Waals surface area contributed by atoms with Crippen LogP contribution in [0.25, 0.3) is 0 Å². The highest BCUT2D eigenvalue weighted by atomic mass is 32.2. The van der Waals surface area contributed by atoms with E-state index in [2.05, 4.69) is 17.0 Å². The van der Waals surface area contributed by atoms with Gasteiger partial charge in [-0.1, -0.05) is 18.2 Å². The molecule has 3 rings (SSSR count). The minimum Gasteiger partial charge on any atom is -0.446 e. The fourth-order valence-electron chi connectivity index (χ4n) is 2.52. The lowest BCUT2D eigenvalue weighted by molar-refractivity contribution is 0.397. The molecule has 1 aromatic heterocycles. The Kier molecular flexibility index (Phi) is 3.51. The first kappa shape index (κ1) is 14.2. The number of hydrogen-bond donors (Lipinski definition) is 0. The van der Waals surface area contributed by atoms with Gasteiger partial charge in [0.1, 0.15) is 5.76 Å². The Bertz CT molecular complexity index is 750. The van der Waals surface area contributed by atoms with E-state index in [4.69, 9.17) is 4.42 Å². The van der Waals surface area contributed by atoms with Crippen LogP contribution in [0.5, 0.6) is 0 Å². The van der Waals surface area contributed by atoms with E-state index in [0.717, 1.165) is 17.3 Å². The molecule has 0 saturated heterocycles. The quantitative estimate of drug-likeness (QED) is 0.868. The van der Waals surface area contributed by atoms with Crippen molar-refractivity contribution in [2.75, 3.05) is 25.5 Å². The van der Waals surface area contributed by atoms with Crippen molar-refractivity contribution in [3.8, 4) is 0 Å². The molecule has 112 valence electrons. The van der Waals surface area contributed by atoms with E-state index in [1.165, 1.54) is 31.4 Å². The number of rotatable bonds is 4. The van der Waals surface area contributed by atoms with Crippen molar-refractivity contribution in [3.05, 3.63) is 47.7 Å². The maximum absolute atomic E-state index is 12.0. The van der Waals surface area contributed by atoms with Crippen molar-refractivity contribution in [2.24, 2.45) is 0 Å². The summed E-state index contributed by atoms with van der Waals surface area (Å²) in [5.74, 6) is 0.659. The molecule has 0 bridgehead atoms. The van der Waals surface area contributed by atoms with E-state index >= 15 is 0 Å². The molecule has 21 heavy (non-hydrogen) atoms. The maximum Gasteiger partial charge on any atom is 0.275 e. The summed E-state index contributed by atoms with van der Waals surface area (Å²) in [6.45, 7) is 1.51. The Morgan fingerprint density at radius 3 is 2.71 bits per heavy atom. The number of anilines is 1. The molecule has 0 radical (unpaired) electrons. The number of fused-ring (bicyclic) bond motifs is 1. The summed E-state index contributed by atoms with van der Waals surface area (Å²) >= 11 is 0. The molecular formula is C15H18N2O3S. The van der Waals surface area contributed by atoms with Crippen molar-refractivity contribution in [1.29, 1.82) is 0 Å². The van der Waals surface area contributed by atoms with Crippen LogP contribution in [0.1, 0.15) is 11.3 Å². The molecule has 1 aliphatic rings. The smallest absolute Gasteiger partial charge is 0.275 e. The summed E-state index contributed by atoms with van der Waals surface area (Å²) in [5, 5.41) is -0.00465. The maximum atomic E-state index is 12.0. The van der Waals surface area contributed by atoms with Gasteiger partial charge in [0, 0.05) is 26.3 Å². The zero-order valence-electron chi connectivity index (χ0n) is 12.1. The number of nitrogens with zero attached hydrogens (tertiary/aromatic N) is 2. The van der Waals surface area contributed by atoms with Crippen molar-refractivity contribution < 1.29 is 12.8 Å². The Balaban J connectivity index is 1.81. The van der Waals surface area contributed by atoms with Crippen molar-refractivity contribution >= 4 is 15.7 Å². The minimum absolute atomic E-state index is 0.00465. The van der Waals surface area contributed by atoms with Crippen LogP contribution in [0.15, 0.2) is 45.9 Å². The summed E-state index contributed by atoms with van der Waals surface area (Å²) in [7, 11) is -0.513. The van der Waals surface area contributed by atoms with Gasteiger partial charge in [-0.2, -0.15) is 0 Å². The topological polar surface area (TPSA) is 53.8 Å². The van der Waals surface area contributed by atoms with E-state index < -0.39 is 10.0 Å². The normalized spacial score (nSPS) is 14.7. The number of benzene rings is 1. The predicted octanol–water partition coefficient (Wildman–Crippen LogP) is 2.09. The summed E-state index contributed by atoms with van der Waals surface area (Å²) < 4.78 is 30.7. The van der Waals surface area contributed by atoms with Gasteiger partial charge in [-0.05, 0) is 30.2 Å². The molecule has 5 nitrogen and oxygen atoms in total. The van der Waals surface area contributed by atoms with Crippen molar-refractivity contribution in [3.63, 3.8) is 0 Å². The van der Waals surface area contributed by atoms with Crippen LogP contribution in [0.4, 0.5) is 5.69 Å². The molecule has 0 fully saturated rings. The largest absolute Gasteiger partial charge is 0.446 e. The highest BCUT2D eigenvalue weighted by Gasteiger charge is 2.23. The molecule has 1 aromatic carbocycles. The molecule has 6 heteroatoms. The molecule has 1 aliphatic heterocycles. The van der Waals surface area contributed by atoms with Gasteiger partial charge < -0.3 is 9.32 Å². The van der Waals surface area contributed by atoms with Gasteiger partial charge in [-0.25, -0.2) is 12.7 Å². The molecule has 0 aliphatic carbocycles. The summed E-state index contributed by atoms with van der Waals surface area (Å²) in [6.07, 6.45) is 1.01. The van der Waals surface area contributed by atoms with E-state index in [-0.39, 0.29) is 5.09 Å². The lowest BCUT2D eigenvalue weighted by atomic mass is 10.2. The Labute approximate surface area is 124 Å². The third-order valence-electron chi connectivity index (χ3n) is 3.70. The molecule has 0 amide bonds. The zero-order chi connectivity index (χ0) is 15.0. The van der Waals surface area contributed by atoms with Crippen LogP contribution in [0.3, 0.4) is 0 Å². The first-order valence-electron chi connectivity index (χ1n) is 6.82. The van der Waals surface area contributed by atoms with Gasteiger partial charge in [-0.15, -0.1) is 0 Å². The lowest BCUT2D eigenvalue weighted by Crippen LogP contribution is -2.22. The Morgan fingerprint density at radius 2 is 1.95 bits per heavy atom. The van der Waals surface area contributed by atoms with Gasteiger partial charge in [0.25, 0.3) is 10.0 Å². The Morgan fingerprint density at radius 1 is 1.19 bits per heavy atom. The van der Waals surface area contributed by atoms with Crippen LogP contribution in [0, 0.1) is 0 Å². The highest BCUT2D eigenvalue weighted by Crippen LogP contribution is 2.29. The molecule has 0 N–H and O–H groups in total. The lowest BCUT2D eigenvalue weighted by Gasteiger charge is -2.17. The van der Waals surface area contributed by atoms with Crippen LogP contribution in [-0.4, -0.2) is 33.4 Å². The highest BCUT2D eigenvalue weighted by molar-refractivity contribution is 7.88. The van der Waals surface area contributed by atoms with Crippen molar-refractivity contribution in [2.45, 2.75) is 18.1 Å². The van der Waals surface area contributed by atoms with Crippen LogP contribution >= 0.6 is 0 Å². The third-order valence-corrected chi connectivity index (χ3v) is 5.39. The third kappa shape index (κ3) is 2.56. The molecule has 0 unspecified atom stereocenters. The predicted molar refractivity (Wildman–Crippen MR) is 80.8 cm³/mol. The van der Waals surface area contributed by atoms with Crippen LogP contribution < -0.4 is 4.90 Å². The SMILES string of the molecule is CN(C)S(=O)(=O)c1ccc(CN2CCc3ccccc32)o1. The van der Waals surface area contributed by atoms with Gasteiger partial charge in [0.15, 0.2) is 0 Å². The standard InChI is InChI=1S/C15H18N2O3S/c1-16(2)21(18,19)15-8-7-13(20-15)11-17-10-9-12-5-3-4-6-14(12)17/h3-8H,9-11H2,1-2H3. The second-order valence-corrected chi connectivity index (χ2v) is 7.39. The second-order valence-electron chi connectivity index (χ2n) is 5.31. The molecular weight excluding hydrogens is 288 g/mol. The summed E-state index contributed by atoms with van der Waals surface area (Å²) in [5.41, 5.74) is 2.52. The first-order chi connectivity index (χ1) is 9.98. The molecule has 2 aromatic rings. The van der Waals surface area contributed by atoms with E-state index in [1.807, 2.05) is 12.1 Å². The molecule has 0 spiro atoms. The Hall–Kier alpha value is -1.79. The average Bonchev–Trinajstić information content (AvgIpc) is 3.07. The van der Waals surface area contributed by atoms with Crippen LogP contribution in [-0.2, 0) is 23.0 Å². The second kappa shape index (κ2) is 5.20. The summed E-state index contributed by atoms with van der Waals surface area (Å²) in [4.78, 5) is 2.21. The zero-order valence-corrected chi connectivity index (χ0v) is 12.9. The monoisotopic (exact) mass is 306 g/mol. The van der Waals surface area contributed by atoms with E-state index in [9.17, 15) is 8.42 Å². The van der Waals surface area contributed by atoms with Gasteiger partial charge in [-0.3, -0.25) is 0 Å². The number of hydrogen-bond acceptors (Lipinski definition) is 4. The first-order valence-corrected chi connectivity index (χ1v) is 8.26. The average molecular weight is 306 g/mol. The van der Waals surface area contributed by atoms with Gasteiger partial charge in [0.05, 0.1) is 6.54 Å². The number of furan rings is 1. The minimum atomic E-state index is -3.50. The number of sulfonamides is 1. The van der Waals surface area contributed by atoms with Crippen molar-refractivity contribution in [1.82, 2.24) is 4.31 Å². The van der Waals surface area contributed by atoms with Crippen LogP contribution in [0.2, 0.25) is 0 Å². The molecule has 2 heterocycles.